The molecule has 0 radical (unpaired) electrons. The van der Waals surface area contributed by atoms with Crippen LogP contribution in [0.2, 0.25) is 0 Å². The summed E-state index contributed by atoms with van der Waals surface area (Å²) >= 11 is 0. The van der Waals surface area contributed by atoms with Gasteiger partial charge in [0.05, 0.1) is 54.7 Å². The van der Waals surface area contributed by atoms with Gasteiger partial charge in [-0.05, 0) is 73.3 Å². The molecule has 1 saturated carbocycles. The summed E-state index contributed by atoms with van der Waals surface area (Å²) in [6.45, 7) is 1.57. The van der Waals surface area contributed by atoms with Crippen molar-refractivity contribution in [2.75, 3.05) is 26.4 Å². The molecule has 0 bridgehead atoms. The molecule has 5 amide bonds. The van der Waals surface area contributed by atoms with Gasteiger partial charge in [0, 0.05) is 29.0 Å². The van der Waals surface area contributed by atoms with Gasteiger partial charge in [0.15, 0.2) is 5.60 Å². The Hall–Kier alpha value is -6.57. The molecule has 2 aromatic carbocycles. The smallest absolute Gasteiger partial charge is 0.343 e. The Morgan fingerprint density at radius 2 is 1.73 bits per heavy atom. The van der Waals surface area contributed by atoms with E-state index in [0.717, 1.165) is 11.1 Å². The molecule has 64 heavy (non-hydrogen) atoms. The predicted octanol–water partition coefficient (Wildman–Crippen LogP) is 0.418. The number of rotatable bonds is 16. The Bertz CT molecular complexity index is 2650. The summed E-state index contributed by atoms with van der Waals surface area (Å²) in [5.41, 5.74) is 7.48. The molecule has 1 fully saturated rings. The van der Waals surface area contributed by atoms with Crippen molar-refractivity contribution in [3.8, 4) is 11.4 Å². The molecular weight excluding hydrogens is 832 g/mol. The van der Waals surface area contributed by atoms with Crippen LogP contribution in [0.25, 0.3) is 22.3 Å². The summed E-state index contributed by atoms with van der Waals surface area (Å²) in [7, 11) is 0. The monoisotopic (exact) mass is 880 g/mol. The number of aryl methyl sites for hydroxylation is 1. The van der Waals surface area contributed by atoms with Crippen LogP contribution in [0.3, 0.4) is 0 Å². The second kappa shape index (κ2) is 17.9. The maximum atomic E-state index is 15.4. The first-order chi connectivity index (χ1) is 30.7. The average Bonchev–Trinajstić information content (AvgIpc) is 4.07. The molecule has 4 heterocycles. The number of cyclic esters (lactones) is 1. The normalized spacial score (nSPS) is 19.0. The summed E-state index contributed by atoms with van der Waals surface area (Å²) in [5, 5.41) is 25.3. The van der Waals surface area contributed by atoms with Crippen molar-refractivity contribution in [2.24, 2.45) is 11.7 Å². The fourth-order valence-corrected chi connectivity index (χ4v) is 8.90. The SMILES string of the molecule is CC[C@@]1(O)C(=O)OCc2c1cc1n(c2=O)Cc2c-1nc1cc(F)c(C)c3c1c2[C@@H](NC(=O)[C@H](OCNC(=O)CNC(=O)[C@H](Cc1ccccc1)NC(=O)CNC(=O)CN)C1CC1)CC3. The van der Waals surface area contributed by atoms with Crippen molar-refractivity contribution in [2.45, 2.75) is 89.3 Å². The van der Waals surface area contributed by atoms with Crippen molar-refractivity contribution in [3.63, 3.8) is 0 Å². The van der Waals surface area contributed by atoms with Crippen LogP contribution < -0.4 is 37.9 Å². The number of carbonyl (C=O) groups excluding carboxylic acids is 6. The number of fused-ring (bicyclic) bond motifs is 5. The summed E-state index contributed by atoms with van der Waals surface area (Å²) < 4.78 is 28.1. The Labute approximate surface area is 365 Å². The Morgan fingerprint density at radius 3 is 2.45 bits per heavy atom. The molecule has 2 aliphatic carbocycles. The van der Waals surface area contributed by atoms with Crippen molar-refractivity contribution in [1.29, 1.82) is 0 Å². The van der Waals surface area contributed by atoms with E-state index in [1.807, 2.05) is 0 Å². The van der Waals surface area contributed by atoms with E-state index in [9.17, 15) is 38.7 Å². The van der Waals surface area contributed by atoms with Crippen LogP contribution in [0.15, 0.2) is 47.3 Å². The maximum Gasteiger partial charge on any atom is 0.343 e. The second-order valence-electron chi connectivity index (χ2n) is 16.6. The van der Waals surface area contributed by atoms with Crippen LogP contribution in [0.1, 0.15) is 77.6 Å². The number of nitrogens with zero attached hydrogens (tertiary/aromatic N) is 2. The van der Waals surface area contributed by atoms with E-state index < -0.39 is 83.8 Å². The van der Waals surface area contributed by atoms with Crippen LogP contribution in [-0.2, 0) is 69.8 Å². The average molecular weight is 881 g/mol. The van der Waals surface area contributed by atoms with Gasteiger partial charge in [-0.1, -0.05) is 37.3 Å². The number of ether oxygens (including phenoxy) is 2. The van der Waals surface area contributed by atoms with Gasteiger partial charge in [-0.25, -0.2) is 14.2 Å². The molecule has 19 heteroatoms. The highest BCUT2D eigenvalue weighted by Crippen LogP contribution is 2.46. The number of nitrogens with two attached hydrogens (primary N) is 1. The molecule has 2 aliphatic heterocycles. The lowest BCUT2D eigenvalue weighted by molar-refractivity contribution is -0.172. The lowest BCUT2D eigenvalue weighted by Gasteiger charge is -2.31. The van der Waals surface area contributed by atoms with Gasteiger partial charge in [0.25, 0.3) is 5.56 Å². The molecule has 8 N–H and O–H groups in total. The minimum absolute atomic E-state index is 0.0335. The summed E-state index contributed by atoms with van der Waals surface area (Å²) in [6.07, 6.45) is 1.39. The number of halogens is 1. The van der Waals surface area contributed by atoms with E-state index in [0.29, 0.717) is 64.7 Å². The summed E-state index contributed by atoms with van der Waals surface area (Å²) in [6, 6.07) is 10.2. The van der Waals surface area contributed by atoms with E-state index in [4.69, 9.17) is 20.2 Å². The second-order valence-corrected chi connectivity index (χ2v) is 16.6. The zero-order valence-corrected chi connectivity index (χ0v) is 35.3. The lowest BCUT2D eigenvalue weighted by atomic mass is 9.81. The van der Waals surface area contributed by atoms with Gasteiger partial charge >= 0.3 is 5.97 Å². The van der Waals surface area contributed by atoms with Crippen LogP contribution in [-0.4, -0.2) is 88.7 Å². The third-order valence-electron chi connectivity index (χ3n) is 12.5. The van der Waals surface area contributed by atoms with Crippen LogP contribution >= 0.6 is 0 Å². The number of esters is 1. The number of nitrogens with one attached hydrogen (secondary N) is 5. The minimum atomic E-state index is -2.04. The zero-order chi connectivity index (χ0) is 45.4. The molecule has 8 rings (SSSR count). The Balaban J connectivity index is 0.963. The van der Waals surface area contributed by atoms with E-state index in [1.165, 1.54) is 10.6 Å². The van der Waals surface area contributed by atoms with Crippen molar-refractivity contribution in [3.05, 3.63) is 97.6 Å². The van der Waals surface area contributed by atoms with Crippen molar-refractivity contribution < 1.29 is 47.7 Å². The van der Waals surface area contributed by atoms with E-state index in [-0.39, 0.29) is 56.3 Å². The summed E-state index contributed by atoms with van der Waals surface area (Å²) in [5.74, 6) is -4.27. The number of hydrogen-bond acceptors (Lipinski definition) is 12. The van der Waals surface area contributed by atoms with Gasteiger partial charge in [0.1, 0.15) is 31.3 Å². The molecule has 0 unspecified atom stereocenters. The van der Waals surface area contributed by atoms with Crippen molar-refractivity contribution in [1.82, 2.24) is 36.1 Å². The van der Waals surface area contributed by atoms with Crippen LogP contribution in [0, 0.1) is 18.7 Å². The molecule has 4 aliphatic rings. The molecule has 4 aromatic rings. The van der Waals surface area contributed by atoms with Gasteiger partial charge in [-0.2, -0.15) is 0 Å². The van der Waals surface area contributed by atoms with E-state index >= 15 is 4.39 Å². The lowest BCUT2D eigenvalue weighted by Crippen LogP contribution is -2.52. The van der Waals surface area contributed by atoms with Gasteiger partial charge < -0.3 is 51.5 Å². The van der Waals surface area contributed by atoms with Gasteiger partial charge in [-0.15, -0.1) is 0 Å². The maximum absolute atomic E-state index is 15.4. The largest absolute Gasteiger partial charge is 0.458 e. The highest BCUT2D eigenvalue weighted by Gasteiger charge is 2.46. The van der Waals surface area contributed by atoms with Gasteiger partial charge in [0.2, 0.25) is 29.5 Å². The number of pyridine rings is 2. The quantitative estimate of drug-likeness (QED) is 0.0526. The molecule has 18 nitrogen and oxygen atoms in total. The molecule has 336 valence electrons. The first-order valence-electron chi connectivity index (χ1n) is 21.3. The van der Waals surface area contributed by atoms with E-state index in [2.05, 4.69) is 26.6 Å². The van der Waals surface area contributed by atoms with Gasteiger partial charge in [-0.3, -0.25) is 28.8 Å². The topological polar surface area (TPSA) is 262 Å². The highest BCUT2D eigenvalue weighted by molar-refractivity contribution is 5.95. The predicted molar refractivity (Wildman–Crippen MR) is 226 cm³/mol. The molecule has 0 saturated heterocycles. The molecule has 0 spiro atoms. The number of benzene rings is 2. The third-order valence-corrected chi connectivity index (χ3v) is 12.5. The number of aromatic nitrogens is 2. The fourth-order valence-electron chi connectivity index (χ4n) is 8.90. The standard InChI is InChI=1S/C45H49FN8O10/c1-3-45(62)28-14-33-39-26(19-54(33)43(60)27(28)20-63-44(45)61)38-30(12-11-25-22(2)29(46)15-31(52-39)37(25)38)53-42(59)40(24-9-10-24)64-21-50-35(56)17-49-41(58)32(13-23-7-5-4-6-8-23)51-36(57)18-48-34(55)16-47/h4-8,14-15,24,30,32,40,62H,3,9-13,16-21,47H2,1-2H3,(H,48,55)(H,49,58)(H,50,56)(H,51,57)(H,53,59)/t30-,32-,40+,45-/m0/s1. The first kappa shape index (κ1) is 44.1. The molecule has 2 aromatic heterocycles. The highest BCUT2D eigenvalue weighted by atomic mass is 19.1. The minimum Gasteiger partial charge on any atom is -0.458 e. The number of hydrogen-bond donors (Lipinski definition) is 7. The molecular formula is C45H49FN8O10. The summed E-state index contributed by atoms with van der Waals surface area (Å²) in [4.78, 5) is 96.0. The third kappa shape index (κ3) is 8.45. The number of aliphatic hydroxyl groups is 1. The number of amides is 5. The number of carbonyl (C=O) groups is 6. The first-order valence-corrected chi connectivity index (χ1v) is 21.3. The Kier molecular flexibility index (Phi) is 12.3. The zero-order valence-electron chi connectivity index (χ0n) is 35.3. The van der Waals surface area contributed by atoms with Crippen molar-refractivity contribution >= 4 is 46.4 Å². The van der Waals surface area contributed by atoms with Crippen LogP contribution in [0.4, 0.5) is 4.39 Å². The molecule has 4 atom stereocenters. The Morgan fingerprint density at radius 1 is 0.984 bits per heavy atom. The van der Waals surface area contributed by atoms with Crippen LogP contribution in [0.5, 0.6) is 0 Å². The fraction of sp³-hybridized carbons (Fsp3) is 0.422. The van der Waals surface area contributed by atoms with E-state index in [1.54, 1.807) is 50.2 Å².